The number of hydrogen-bond donors (Lipinski definition) is 1. The van der Waals surface area contributed by atoms with Gasteiger partial charge in [-0.2, -0.15) is 0 Å². The molecule has 32 heavy (non-hydrogen) atoms. The van der Waals surface area contributed by atoms with Crippen molar-refractivity contribution in [2.75, 3.05) is 5.75 Å². The molecule has 2 atom stereocenters. The Balaban J connectivity index is 1.66. The minimum absolute atomic E-state index is 0.0675. The van der Waals surface area contributed by atoms with Crippen molar-refractivity contribution in [1.82, 2.24) is 20.1 Å². The van der Waals surface area contributed by atoms with Gasteiger partial charge in [0.25, 0.3) is 0 Å². The Kier molecular flexibility index (Phi) is 8.36. The van der Waals surface area contributed by atoms with Crippen molar-refractivity contribution in [3.05, 3.63) is 83.2 Å². The molecule has 1 amide bonds. The van der Waals surface area contributed by atoms with Crippen molar-refractivity contribution in [2.45, 2.75) is 44.6 Å². The summed E-state index contributed by atoms with van der Waals surface area (Å²) in [5.41, 5.74) is 2.00. The number of thioether (sulfide) groups is 1. The number of hydrogen-bond acceptors (Lipinski definition) is 5. The van der Waals surface area contributed by atoms with E-state index in [1.807, 2.05) is 67.8 Å². The molecule has 1 N–H and O–H groups in total. The number of carbonyl (C=O) groups excluding carboxylic acids is 1. The Morgan fingerprint density at radius 2 is 2.00 bits per heavy atom. The van der Waals surface area contributed by atoms with Gasteiger partial charge in [-0.05, 0) is 50.1 Å². The topological polar surface area (TPSA) is 69.0 Å². The average Bonchev–Trinajstić information content (AvgIpc) is 3.18. The molecule has 0 aliphatic heterocycles. The molecule has 6 nitrogen and oxygen atoms in total. The molecular formula is C24H27ClN4O2S. The van der Waals surface area contributed by atoms with E-state index in [0.717, 1.165) is 16.9 Å². The van der Waals surface area contributed by atoms with E-state index in [2.05, 4.69) is 22.1 Å². The van der Waals surface area contributed by atoms with Gasteiger partial charge in [-0.15, -0.1) is 16.8 Å². The van der Waals surface area contributed by atoms with E-state index in [0.29, 0.717) is 22.5 Å². The molecule has 3 aromatic rings. The van der Waals surface area contributed by atoms with Gasteiger partial charge in [0.2, 0.25) is 5.91 Å². The first kappa shape index (κ1) is 23.9. The third kappa shape index (κ3) is 6.14. The van der Waals surface area contributed by atoms with E-state index < -0.39 is 0 Å². The lowest BCUT2D eigenvalue weighted by Gasteiger charge is -2.17. The van der Waals surface area contributed by atoms with E-state index >= 15 is 0 Å². The zero-order valence-corrected chi connectivity index (χ0v) is 20.0. The largest absolute Gasteiger partial charge is 0.482 e. The van der Waals surface area contributed by atoms with Gasteiger partial charge in [0.15, 0.2) is 17.1 Å². The molecule has 1 heterocycles. The second kappa shape index (κ2) is 11.2. The lowest BCUT2D eigenvalue weighted by molar-refractivity contribution is -0.119. The number of nitrogens with zero attached hydrogens (tertiary/aromatic N) is 3. The number of nitrogens with one attached hydrogen (secondary N) is 1. The smallest absolute Gasteiger partial charge is 0.230 e. The number of benzene rings is 2. The number of aromatic nitrogens is 3. The van der Waals surface area contributed by atoms with Crippen molar-refractivity contribution in [2.24, 2.45) is 0 Å². The summed E-state index contributed by atoms with van der Waals surface area (Å²) < 4.78 is 8.03. The van der Waals surface area contributed by atoms with Crippen LogP contribution >= 0.6 is 23.4 Å². The highest BCUT2D eigenvalue weighted by molar-refractivity contribution is 7.99. The van der Waals surface area contributed by atoms with Crippen LogP contribution in [0.15, 0.2) is 66.3 Å². The maximum Gasteiger partial charge on any atom is 0.230 e. The fraction of sp³-hybridized carbons (Fsp3) is 0.292. The van der Waals surface area contributed by atoms with Crippen LogP contribution in [0.1, 0.15) is 42.9 Å². The van der Waals surface area contributed by atoms with E-state index in [1.165, 1.54) is 11.8 Å². The number of amides is 1. The molecule has 0 aliphatic rings. The zero-order valence-electron chi connectivity index (χ0n) is 18.4. The predicted octanol–water partition coefficient (Wildman–Crippen LogP) is 5.54. The fourth-order valence-electron chi connectivity index (χ4n) is 3.23. The minimum atomic E-state index is -0.344. The third-order valence-corrected chi connectivity index (χ3v) is 6.07. The van der Waals surface area contributed by atoms with E-state index in [9.17, 15) is 4.79 Å². The van der Waals surface area contributed by atoms with Crippen LogP contribution in [0, 0.1) is 6.92 Å². The molecule has 3 rings (SSSR count). The van der Waals surface area contributed by atoms with Gasteiger partial charge in [0.05, 0.1) is 11.8 Å². The van der Waals surface area contributed by atoms with E-state index in [1.54, 1.807) is 12.1 Å². The highest BCUT2D eigenvalue weighted by Gasteiger charge is 2.20. The second-order valence-electron chi connectivity index (χ2n) is 7.40. The van der Waals surface area contributed by atoms with E-state index in [-0.39, 0.29) is 23.8 Å². The first-order valence-electron chi connectivity index (χ1n) is 10.3. The molecule has 8 heteroatoms. The molecule has 0 radical (unpaired) electrons. The van der Waals surface area contributed by atoms with Crippen LogP contribution < -0.4 is 10.1 Å². The van der Waals surface area contributed by atoms with Gasteiger partial charge >= 0.3 is 0 Å². The standard InChI is InChI=1S/C24H27ClN4O2S/c1-5-13-29-23(18(4)31-21-12-11-20(25)14-16(21)2)27-28-24(29)32-15-22(30)26-17(3)19-9-7-6-8-10-19/h5-12,14,17-18H,1,13,15H2,2-4H3,(H,26,30). The van der Waals surface area contributed by atoms with Crippen molar-refractivity contribution in [3.8, 4) is 5.75 Å². The maximum absolute atomic E-state index is 12.5. The molecule has 1 aromatic heterocycles. The van der Waals surface area contributed by atoms with Crippen LogP contribution in [0.25, 0.3) is 0 Å². The van der Waals surface area contributed by atoms with Crippen molar-refractivity contribution < 1.29 is 9.53 Å². The molecule has 0 spiro atoms. The second-order valence-corrected chi connectivity index (χ2v) is 8.78. The number of halogens is 1. The molecular weight excluding hydrogens is 444 g/mol. The van der Waals surface area contributed by atoms with Crippen molar-refractivity contribution >= 4 is 29.3 Å². The number of ether oxygens (including phenoxy) is 1. The predicted molar refractivity (Wildman–Crippen MR) is 129 cm³/mol. The lowest BCUT2D eigenvalue weighted by atomic mass is 10.1. The summed E-state index contributed by atoms with van der Waals surface area (Å²) in [6.45, 7) is 10.2. The van der Waals surface area contributed by atoms with Crippen molar-refractivity contribution in [1.29, 1.82) is 0 Å². The SMILES string of the molecule is C=CCn1c(SCC(=O)NC(C)c2ccccc2)nnc1C(C)Oc1ccc(Cl)cc1C. The summed E-state index contributed by atoms with van der Waals surface area (Å²) in [5, 5.41) is 12.9. The summed E-state index contributed by atoms with van der Waals surface area (Å²) in [6, 6.07) is 15.3. The molecule has 0 bridgehead atoms. The van der Waals surface area contributed by atoms with Crippen LogP contribution in [0.4, 0.5) is 0 Å². The number of carbonyl (C=O) groups is 1. The Morgan fingerprint density at radius 3 is 2.69 bits per heavy atom. The average molecular weight is 471 g/mol. The summed E-state index contributed by atoms with van der Waals surface area (Å²) in [4.78, 5) is 12.5. The highest BCUT2D eigenvalue weighted by atomic mass is 35.5. The lowest BCUT2D eigenvalue weighted by Crippen LogP contribution is -2.28. The van der Waals surface area contributed by atoms with Crippen LogP contribution in [-0.2, 0) is 11.3 Å². The number of allylic oxidation sites excluding steroid dienone is 1. The number of aryl methyl sites for hydroxylation is 1. The van der Waals surface area contributed by atoms with Crippen molar-refractivity contribution in [3.63, 3.8) is 0 Å². The normalized spacial score (nSPS) is 12.8. The van der Waals surface area contributed by atoms with Gasteiger partial charge in [-0.25, -0.2) is 0 Å². The van der Waals surface area contributed by atoms with Gasteiger partial charge in [0, 0.05) is 11.6 Å². The Bertz CT molecular complexity index is 1070. The van der Waals surface area contributed by atoms with E-state index in [4.69, 9.17) is 16.3 Å². The molecule has 0 aliphatic carbocycles. The Labute approximate surface area is 198 Å². The monoisotopic (exact) mass is 470 g/mol. The summed E-state index contributed by atoms with van der Waals surface area (Å²) in [6.07, 6.45) is 1.43. The maximum atomic E-state index is 12.5. The minimum Gasteiger partial charge on any atom is -0.482 e. The van der Waals surface area contributed by atoms with Gasteiger partial charge in [-0.3, -0.25) is 9.36 Å². The highest BCUT2D eigenvalue weighted by Crippen LogP contribution is 2.28. The first-order valence-corrected chi connectivity index (χ1v) is 11.7. The van der Waals surface area contributed by atoms with Crippen LogP contribution in [0.2, 0.25) is 5.02 Å². The zero-order chi connectivity index (χ0) is 23.1. The molecule has 168 valence electrons. The van der Waals surface area contributed by atoms with Gasteiger partial charge < -0.3 is 10.1 Å². The van der Waals surface area contributed by atoms with Crippen LogP contribution in [0.5, 0.6) is 5.75 Å². The summed E-state index contributed by atoms with van der Waals surface area (Å²) in [7, 11) is 0. The Morgan fingerprint density at radius 1 is 1.25 bits per heavy atom. The summed E-state index contributed by atoms with van der Waals surface area (Å²) in [5.74, 6) is 1.57. The Hall–Kier alpha value is -2.77. The number of rotatable bonds is 10. The molecule has 0 saturated heterocycles. The molecule has 0 saturated carbocycles. The molecule has 2 aromatic carbocycles. The summed E-state index contributed by atoms with van der Waals surface area (Å²) >= 11 is 7.38. The molecule has 2 unspecified atom stereocenters. The first-order chi connectivity index (χ1) is 15.4. The van der Waals surface area contributed by atoms with Gasteiger partial charge in [0.1, 0.15) is 5.75 Å². The van der Waals surface area contributed by atoms with Crippen LogP contribution in [0.3, 0.4) is 0 Å². The third-order valence-electron chi connectivity index (χ3n) is 4.87. The quantitative estimate of drug-likeness (QED) is 0.311. The molecule has 0 fully saturated rings. The fourth-order valence-corrected chi connectivity index (χ4v) is 4.23. The van der Waals surface area contributed by atoms with Gasteiger partial charge in [-0.1, -0.05) is 59.8 Å². The van der Waals surface area contributed by atoms with Crippen LogP contribution in [-0.4, -0.2) is 26.4 Å².